The third-order valence-electron chi connectivity index (χ3n) is 2.29. The van der Waals surface area contributed by atoms with Crippen molar-refractivity contribution in [3.63, 3.8) is 0 Å². The van der Waals surface area contributed by atoms with Crippen LogP contribution in [0.5, 0.6) is 0 Å². The van der Waals surface area contributed by atoms with Gasteiger partial charge in [0.05, 0.1) is 6.20 Å². The molecule has 0 aliphatic rings. The number of hydrogen-bond donors (Lipinski definition) is 1. The Morgan fingerprint density at radius 2 is 1.81 bits per heavy atom. The summed E-state index contributed by atoms with van der Waals surface area (Å²) in [5.41, 5.74) is 8.79. The highest BCUT2D eigenvalue weighted by Crippen LogP contribution is 2.30. The predicted molar refractivity (Wildman–Crippen MR) is 66.9 cm³/mol. The lowest BCUT2D eigenvalue weighted by Gasteiger charge is -2.04. The minimum absolute atomic E-state index is 0.711. The Kier molecular flexibility index (Phi) is 3.11. The normalized spacial score (nSPS) is 10.7. The summed E-state index contributed by atoms with van der Waals surface area (Å²) in [5.74, 6) is 0. The minimum atomic E-state index is 0.711. The highest BCUT2D eigenvalue weighted by atomic mass is 32.2. The summed E-state index contributed by atoms with van der Waals surface area (Å²) in [4.78, 5) is 13.0. The molecule has 0 amide bonds. The number of nitrogens with two attached hydrogens (primary N) is 1. The Morgan fingerprint density at radius 1 is 1.19 bits per heavy atom. The molecule has 2 aromatic heterocycles. The van der Waals surface area contributed by atoms with Crippen LogP contribution in [0.2, 0.25) is 0 Å². The molecule has 2 heterocycles. The summed E-state index contributed by atoms with van der Waals surface area (Å²) in [6.45, 7) is 6.01. The molecule has 2 N–H and O–H groups in total. The Morgan fingerprint density at radius 3 is 2.31 bits per heavy atom. The van der Waals surface area contributed by atoms with E-state index in [4.69, 9.17) is 5.73 Å². The molecule has 4 nitrogen and oxygen atoms in total. The van der Waals surface area contributed by atoms with Crippen LogP contribution in [0.1, 0.15) is 17.0 Å². The molecule has 0 fully saturated rings. The standard InChI is InChI=1S/C10H12N4S2/c1-5-6(2)13-9(14-7(5)3)16-10-12-4-8(11)15-10/h4H,11H2,1-3H3. The lowest BCUT2D eigenvalue weighted by molar-refractivity contribution is 0.880. The molecule has 0 unspecified atom stereocenters. The van der Waals surface area contributed by atoms with E-state index in [1.165, 1.54) is 23.1 Å². The smallest absolute Gasteiger partial charge is 0.195 e. The molecule has 6 heteroatoms. The number of nitrogen functional groups attached to an aromatic ring is 1. The lowest BCUT2D eigenvalue weighted by Crippen LogP contribution is -1.97. The van der Waals surface area contributed by atoms with E-state index in [2.05, 4.69) is 15.0 Å². The van der Waals surface area contributed by atoms with Crippen LogP contribution in [0.15, 0.2) is 15.7 Å². The number of hydrogen-bond acceptors (Lipinski definition) is 6. The van der Waals surface area contributed by atoms with Gasteiger partial charge in [0.15, 0.2) is 9.50 Å². The molecule has 0 atom stereocenters. The number of rotatable bonds is 2. The van der Waals surface area contributed by atoms with E-state index in [1.54, 1.807) is 6.20 Å². The number of nitrogens with zero attached hydrogens (tertiary/aromatic N) is 3. The predicted octanol–water partition coefficient (Wildman–Crippen LogP) is 2.59. The fraction of sp³-hybridized carbons (Fsp3) is 0.300. The summed E-state index contributed by atoms with van der Waals surface area (Å²) in [6, 6.07) is 0. The third kappa shape index (κ3) is 2.33. The van der Waals surface area contributed by atoms with Crippen LogP contribution >= 0.6 is 23.1 Å². The van der Waals surface area contributed by atoms with Crippen LogP contribution in [-0.4, -0.2) is 15.0 Å². The first-order valence-corrected chi connectivity index (χ1v) is 6.40. The average molecular weight is 252 g/mol. The highest BCUT2D eigenvalue weighted by molar-refractivity contribution is 8.00. The van der Waals surface area contributed by atoms with Crippen LogP contribution in [0.4, 0.5) is 5.00 Å². The molecule has 0 aliphatic carbocycles. The van der Waals surface area contributed by atoms with Gasteiger partial charge in [-0.3, -0.25) is 0 Å². The van der Waals surface area contributed by atoms with Crippen molar-refractivity contribution in [1.82, 2.24) is 15.0 Å². The molecule has 0 saturated carbocycles. The molecule has 0 radical (unpaired) electrons. The molecule has 0 bridgehead atoms. The fourth-order valence-corrected chi connectivity index (χ4v) is 2.90. The van der Waals surface area contributed by atoms with Crippen molar-refractivity contribution < 1.29 is 0 Å². The van der Waals surface area contributed by atoms with Gasteiger partial charge in [-0.15, -0.1) is 0 Å². The Balaban J connectivity index is 2.28. The van der Waals surface area contributed by atoms with E-state index in [-0.39, 0.29) is 0 Å². The van der Waals surface area contributed by atoms with Crippen LogP contribution in [0.25, 0.3) is 0 Å². The molecular formula is C10H12N4S2. The zero-order valence-corrected chi connectivity index (χ0v) is 10.9. The summed E-state index contributed by atoms with van der Waals surface area (Å²) in [6.07, 6.45) is 1.65. The monoisotopic (exact) mass is 252 g/mol. The second-order valence-corrected chi connectivity index (χ2v) is 5.71. The van der Waals surface area contributed by atoms with E-state index in [1.807, 2.05) is 20.8 Å². The minimum Gasteiger partial charge on any atom is -0.389 e. The topological polar surface area (TPSA) is 64.7 Å². The van der Waals surface area contributed by atoms with Gasteiger partial charge in [0.2, 0.25) is 0 Å². The van der Waals surface area contributed by atoms with E-state index in [9.17, 15) is 0 Å². The quantitative estimate of drug-likeness (QED) is 0.832. The molecular weight excluding hydrogens is 240 g/mol. The summed E-state index contributed by atoms with van der Waals surface area (Å²) >= 11 is 2.90. The van der Waals surface area contributed by atoms with E-state index >= 15 is 0 Å². The third-order valence-corrected chi connectivity index (χ3v) is 4.06. The van der Waals surface area contributed by atoms with Gasteiger partial charge in [0.25, 0.3) is 0 Å². The first kappa shape index (κ1) is 11.3. The zero-order chi connectivity index (χ0) is 11.7. The molecule has 0 aromatic carbocycles. The van der Waals surface area contributed by atoms with Gasteiger partial charge < -0.3 is 5.73 Å². The highest BCUT2D eigenvalue weighted by Gasteiger charge is 2.08. The van der Waals surface area contributed by atoms with Crippen LogP contribution in [0, 0.1) is 20.8 Å². The molecule has 16 heavy (non-hydrogen) atoms. The second-order valence-electron chi connectivity index (χ2n) is 3.43. The molecule has 2 rings (SSSR count). The summed E-state index contributed by atoms with van der Waals surface area (Å²) < 4.78 is 0.875. The van der Waals surface area contributed by atoms with Gasteiger partial charge in [-0.2, -0.15) is 0 Å². The number of anilines is 1. The van der Waals surface area contributed by atoms with Gasteiger partial charge in [0, 0.05) is 11.4 Å². The average Bonchev–Trinajstić information content (AvgIpc) is 2.60. The van der Waals surface area contributed by atoms with Crippen molar-refractivity contribution in [2.45, 2.75) is 30.3 Å². The summed E-state index contributed by atoms with van der Waals surface area (Å²) in [5, 5.41) is 1.44. The van der Waals surface area contributed by atoms with Crippen molar-refractivity contribution >= 4 is 28.1 Å². The maximum Gasteiger partial charge on any atom is 0.195 e. The molecule has 84 valence electrons. The van der Waals surface area contributed by atoms with Gasteiger partial charge in [-0.25, -0.2) is 15.0 Å². The van der Waals surface area contributed by atoms with Crippen molar-refractivity contribution in [3.05, 3.63) is 23.1 Å². The van der Waals surface area contributed by atoms with Crippen molar-refractivity contribution in [3.8, 4) is 0 Å². The number of thiazole rings is 1. The molecule has 2 aromatic rings. The first-order valence-electron chi connectivity index (χ1n) is 4.77. The van der Waals surface area contributed by atoms with E-state index < -0.39 is 0 Å². The molecule has 0 spiro atoms. The Labute approximate surface area is 102 Å². The van der Waals surface area contributed by atoms with E-state index in [0.717, 1.165) is 26.4 Å². The maximum atomic E-state index is 5.62. The largest absolute Gasteiger partial charge is 0.389 e. The van der Waals surface area contributed by atoms with Gasteiger partial charge in [-0.05, 0) is 38.1 Å². The Bertz CT molecular complexity index is 498. The zero-order valence-electron chi connectivity index (χ0n) is 9.31. The van der Waals surface area contributed by atoms with Gasteiger partial charge >= 0.3 is 0 Å². The van der Waals surface area contributed by atoms with E-state index in [0.29, 0.717) is 5.00 Å². The first-order chi connectivity index (χ1) is 7.56. The SMILES string of the molecule is Cc1nc(Sc2ncc(N)s2)nc(C)c1C. The van der Waals surface area contributed by atoms with Crippen LogP contribution in [-0.2, 0) is 0 Å². The lowest BCUT2D eigenvalue weighted by atomic mass is 10.2. The maximum absolute atomic E-state index is 5.62. The molecule has 0 saturated heterocycles. The van der Waals surface area contributed by atoms with Crippen LogP contribution in [0.3, 0.4) is 0 Å². The summed E-state index contributed by atoms with van der Waals surface area (Å²) in [7, 11) is 0. The van der Waals surface area contributed by atoms with Gasteiger partial charge in [-0.1, -0.05) is 11.3 Å². The van der Waals surface area contributed by atoms with Gasteiger partial charge in [0.1, 0.15) is 5.00 Å². The fourth-order valence-electron chi connectivity index (χ4n) is 1.18. The number of aromatic nitrogens is 3. The van der Waals surface area contributed by atoms with Crippen molar-refractivity contribution in [2.75, 3.05) is 5.73 Å². The number of aryl methyl sites for hydroxylation is 2. The molecule has 0 aliphatic heterocycles. The Hall–Kier alpha value is -1.14. The second kappa shape index (κ2) is 4.39. The van der Waals surface area contributed by atoms with Crippen LogP contribution < -0.4 is 5.73 Å². The van der Waals surface area contributed by atoms with Crippen molar-refractivity contribution in [1.29, 1.82) is 0 Å². The van der Waals surface area contributed by atoms with Crippen molar-refractivity contribution in [2.24, 2.45) is 0 Å².